The Hall–Kier alpha value is -0.880. The maximum absolute atomic E-state index is 9.07. The fraction of sp³-hybridized carbons (Fsp3) is 0.545. The molecule has 0 saturated heterocycles. The van der Waals surface area contributed by atoms with E-state index in [2.05, 4.69) is 24.8 Å². The van der Waals surface area contributed by atoms with Gasteiger partial charge in [-0.05, 0) is 33.1 Å². The quantitative estimate of drug-likeness (QED) is 0.609. The summed E-state index contributed by atoms with van der Waals surface area (Å²) >= 11 is 1.77. The monoisotopic (exact) mass is 206 g/mol. The van der Waals surface area contributed by atoms with Crippen LogP contribution in [-0.4, -0.2) is 11.4 Å². The van der Waals surface area contributed by atoms with E-state index in [0.717, 1.165) is 25.0 Å². The van der Waals surface area contributed by atoms with Crippen LogP contribution < -0.4 is 0 Å². The summed E-state index contributed by atoms with van der Waals surface area (Å²) in [5.74, 6) is 0. The van der Waals surface area contributed by atoms with Gasteiger partial charge in [0.05, 0.1) is 16.7 Å². The molecule has 0 atom stereocenters. The van der Waals surface area contributed by atoms with Crippen LogP contribution in [-0.2, 0) is 0 Å². The molecule has 0 fully saturated rings. The van der Waals surface area contributed by atoms with Gasteiger partial charge in [0.1, 0.15) is 0 Å². The van der Waals surface area contributed by atoms with E-state index in [0.29, 0.717) is 0 Å². The molecule has 0 spiro atoms. The zero-order valence-corrected chi connectivity index (χ0v) is 9.45. The van der Waals surface area contributed by atoms with Gasteiger partial charge in [0.15, 0.2) is 0 Å². The Kier molecular flexibility index (Phi) is 2.56. The van der Waals surface area contributed by atoms with Gasteiger partial charge in [0, 0.05) is 17.1 Å². The van der Waals surface area contributed by atoms with Crippen molar-refractivity contribution in [3.63, 3.8) is 0 Å². The molecule has 3 heteroatoms. The minimum atomic E-state index is 0.954. The first-order valence-electron chi connectivity index (χ1n) is 5.00. The van der Waals surface area contributed by atoms with Crippen LogP contribution in [0.2, 0.25) is 0 Å². The highest BCUT2D eigenvalue weighted by Crippen LogP contribution is 2.44. The molecule has 74 valence electrons. The number of thioether (sulfide) groups is 1. The van der Waals surface area contributed by atoms with Crippen molar-refractivity contribution in [1.29, 1.82) is 5.26 Å². The number of rotatable bonds is 0. The molecular weight excluding hydrogens is 192 g/mol. The van der Waals surface area contributed by atoms with Crippen LogP contribution in [0.15, 0.2) is 21.2 Å². The lowest BCUT2D eigenvalue weighted by Gasteiger charge is -2.19. The van der Waals surface area contributed by atoms with Crippen molar-refractivity contribution >= 4 is 11.8 Å². The second-order valence-corrected chi connectivity index (χ2v) is 4.95. The summed E-state index contributed by atoms with van der Waals surface area (Å²) in [6.45, 7) is 5.36. The molecule has 2 heterocycles. The van der Waals surface area contributed by atoms with E-state index < -0.39 is 0 Å². The predicted octanol–water partition coefficient (Wildman–Crippen LogP) is 3.21. The summed E-state index contributed by atoms with van der Waals surface area (Å²) < 4.78 is 0. The van der Waals surface area contributed by atoms with E-state index in [-0.39, 0.29) is 0 Å². The summed E-state index contributed by atoms with van der Waals surface area (Å²) in [7, 11) is 0. The molecule has 0 amide bonds. The molecule has 0 saturated carbocycles. The second-order valence-electron chi connectivity index (χ2n) is 3.75. The zero-order chi connectivity index (χ0) is 10.1. The summed E-state index contributed by atoms with van der Waals surface area (Å²) in [6.07, 6.45) is 3.30. The van der Waals surface area contributed by atoms with Gasteiger partial charge in [-0.15, -0.1) is 0 Å². The normalized spacial score (nSPS) is 22.2. The van der Waals surface area contributed by atoms with Crippen molar-refractivity contribution in [2.45, 2.75) is 33.1 Å². The first kappa shape index (κ1) is 9.67. The van der Waals surface area contributed by atoms with Crippen molar-refractivity contribution < 1.29 is 0 Å². The number of allylic oxidation sites excluding steroid dienone is 3. The van der Waals surface area contributed by atoms with Gasteiger partial charge < -0.3 is 4.90 Å². The van der Waals surface area contributed by atoms with E-state index in [4.69, 9.17) is 5.26 Å². The number of nitrogens with zero attached hydrogens (tertiary/aromatic N) is 2. The molecular formula is C11H14N2S. The van der Waals surface area contributed by atoms with Crippen LogP contribution in [0.4, 0.5) is 0 Å². The zero-order valence-electron chi connectivity index (χ0n) is 8.63. The number of nitriles is 1. The number of hydrogen-bond acceptors (Lipinski definition) is 3. The topological polar surface area (TPSA) is 27.0 Å². The van der Waals surface area contributed by atoms with Gasteiger partial charge in [-0.3, -0.25) is 0 Å². The van der Waals surface area contributed by atoms with Crippen molar-refractivity contribution in [3.05, 3.63) is 21.2 Å². The highest BCUT2D eigenvalue weighted by molar-refractivity contribution is 8.06. The standard InChI is InChI=1S/C11H14N2S/c1-8-9(2)14-11-10(7-12)5-3-4-6-13(8)11/h3-6H2,1-2H3. The molecule has 2 nitrogen and oxygen atoms in total. The van der Waals surface area contributed by atoms with Gasteiger partial charge in [-0.1, -0.05) is 11.8 Å². The molecule has 0 aromatic heterocycles. The first-order chi connectivity index (χ1) is 6.74. The summed E-state index contributed by atoms with van der Waals surface area (Å²) in [5.41, 5.74) is 2.31. The molecule has 0 radical (unpaired) electrons. The summed E-state index contributed by atoms with van der Waals surface area (Å²) in [6, 6.07) is 2.35. The van der Waals surface area contributed by atoms with Crippen LogP contribution in [0.25, 0.3) is 0 Å². The molecule has 0 aromatic carbocycles. The maximum atomic E-state index is 9.07. The summed E-state index contributed by atoms with van der Waals surface area (Å²) in [5, 5.41) is 10.3. The fourth-order valence-electron chi connectivity index (χ4n) is 1.89. The maximum Gasteiger partial charge on any atom is 0.0974 e. The highest BCUT2D eigenvalue weighted by Gasteiger charge is 2.27. The second kappa shape index (κ2) is 3.70. The smallest absolute Gasteiger partial charge is 0.0974 e. The van der Waals surface area contributed by atoms with E-state index in [9.17, 15) is 0 Å². The average molecular weight is 206 g/mol. The first-order valence-corrected chi connectivity index (χ1v) is 5.82. The van der Waals surface area contributed by atoms with Crippen molar-refractivity contribution in [2.24, 2.45) is 0 Å². The average Bonchev–Trinajstić information content (AvgIpc) is 2.41. The third-order valence-corrected chi connectivity index (χ3v) is 4.12. The van der Waals surface area contributed by atoms with E-state index in [1.54, 1.807) is 11.8 Å². The van der Waals surface area contributed by atoms with Crippen molar-refractivity contribution in [3.8, 4) is 6.07 Å². The Bertz CT molecular complexity index is 360. The van der Waals surface area contributed by atoms with Crippen LogP contribution in [0.1, 0.15) is 33.1 Å². The molecule has 0 unspecified atom stereocenters. The molecule has 0 N–H and O–H groups in total. The minimum absolute atomic E-state index is 0.954. The van der Waals surface area contributed by atoms with Crippen LogP contribution >= 0.6 is 11.8 Å². The van der Waals surface area contributed by atoms with E-state index >= 15 is 0 Å². The molecule has 2 aliphatic rings. The largest absolute Gasteiger partial charge is 0.338 e. The van der Waals surface area contributed by atoms with E-state index in [1.165, 1.54) is 22.1 Å². The Labute approximate surface area is 89.3 Å². The van der Waals surface area contributed by atoms with Gasteiger partial charge in [-0.2, -0.15) is 5.26 Å². The van der Waals surface area contributed by atoms with Crippen molar-refractivity contribution in [1.82, 2.24) is 4.90 Å². The Balaban J connectivity index is 2.40. The Morgan fingerprint density at radius 3 is 2.86 bits per heavy atom. The fourth-order valence-corrected chi connectivity index (χ4v) is 3.05. The van der Waals surface area contributed by atoms with Crippen LogP contribution in [0.3, 0.4) is 0 Å². The highest BCUT2D eigenvalue weighted by atomic mass is 32.2. The molecule has 14 heavy (non-hydrogen) atoms. The van der Waals surface area contributed by atoms with Crippen molar-refractivity contribution in [2.75, 3.05) is 6.54 Å². The minimum Gasteiger partial charge on any atom is -0.338 e. The lowest BCUT2D eigenvalue weighted by atomic mass is 10.1. The van der Waals surface area contributed by atoms with Gasteiger partial charge in [-0.25, -0.2) is 0 Å². The molecule has 0 aromatic rings. The van der Waals surface area contributed by atoms with Gasteiger partial charge in [0.2, 0.25) is 0 Å². The SMILES string of the molecule is CC1=C(C)N2CCCCC(C#N)=C2S1. The Morgan fingerprint density at radius 2 is 2.14 bits per heavy atom. The van der Waals surface area contributed by atoms with E-state index in [1.807, 2.05) is 0 Å². The number of hydrogen-bond donors (Lipinski definition) is 0. The molecule has 0 bridgehead atoms. The number of fused-ring (bicyclic) bond motifs is 1. The molecule has 2 rings (SSSR count). The van der Waals surface area contributed by atoms with Gasteiger partial charge >= 0.3 is 0 Å². The lowest BCUT2D eigenvalue weighted by molar-refractivity contribution is 0.453. The lowest BCUT2D eigenvalue weighted by Crippen LogP contribution is -2.16. The van der Waals surface area contributed by atoms with Gasteiger partial charge in [0.25, 0.3) is 0 Å². The molecule has 2 aliphatic heterocycles. The van der Waals surface area contributed by atoms with Crippen LogP contribution in [0, 0.1) is 11.3 Å². The third kappa shape index (κ3) is 1.44. The molecule has 0 aliphatic carbocycles. The van der Waals surface area contributed by atoms with Crippen LogP contribution in [0.5, 0.6) is 0 Å². The summed E-state index contributed by atoms with van der Waals surface area (Å²) in [4.78, 5) is 3.65. The third-order valence-electron chi connectivity index (χ3n) is 2.86. The predicted molar refractivity (Wildman–Crippen MR) is 59.2 cm³/mol. The Morgan fingerprint density at radius 1 is 1.36 bits per heavy atom.